The Morgan fingerprint density at radius 3 is 2.39 bits per heavy atom. The van der Waals surface area contributed by atoms with E-state index in [1.54, 1.807) is 0 Å². The number of fused-ring (bicyclic) bond motifs is 1. The molecule has 3 rings (SSSR count). The zero-order chi connectivity index (χ0) is 16.6. The number of para-hydroxylation sites is 2. The lowest BCUT2D eigenvalue weighted by Gasteiger charge is -2.36. The number of amides is 2. The highest BCUT2D eigenvalue weighted by molar-refractivity contribution is 5.79. The van der Waals surface area contributed by atoms with Gasteiger partial charge in [-0.3, -0.25) is 0 Å². The van der Waals surface area contributed by atoms with Gasteiger partial charge in [0.15, 0.2) is 0 Å². The molecule has 1 aliphatic rings. The number of aromatic nitrogens is 2. The van der Waals surface area contributed by atoms with Gasteiger partial charge < -0.3 is 19.7 Å². The first kappa shape index (κ1) is 15.6. The summed E-state index contributed by atoms with van der Waals surface area (Å²) >= 11 is 0. The molecule has 0 radical (unpaired) electrons. The third-order valence-electron chi connectivity index (χ3n) is 4.10. The van der Waals surface area contributed by atoms with E-state index in [-0.39, 0.29) is 11.6 Å². The third kappa shape index (κ3) is 3.25. The Morgan fingerprint density at radius 1 is 1.13 bits per heavy atom. The highest BCUT2D eigenvalue weighted by Gasteiger charge is 2.25. The molecule has 6 nitrogen and oxygen atoms in total. The summed E-state index contributed by atoms with van der Waals surface area (Å²) in [7, 11) is 2.04. The topological polar surface area (TPSA) is 53.4 Å². The first-order valence-electron chi connectivity index (χ1n) is 8.09. The molecule has 0 atom stereocenters. The number of hydrogen-bond acceptors (Lipinski definition) is 3. The van der Waals surface area contributed by atoms with E-state index in [1.165, 1.54) is 0 Å². The van der Waals surface area contributed by atoms with Gasteiger partial charge in [-0.15, -0.1) is 0 Å². The van der Waals surface area contributed by atoms with Crippen molar-refractivity contribution in [2.75, 3.05) is 31.1 Å². The quantitative estimate of drug-likeness (QED) is 0.878. The fourth-order valence-corrected chi connectivity index (χ4v) is 2.93. The minimum Gasteiger partial charge on any atom is -0.339 e. The highest BCUT2D eigenvalue weighted by Crippen LogP contribution is 2.22. The Kier molecular flexibility index (Phi) is 3.92. The van der Waals surface area contributed by atoms with E-state index in [9.17, 15) is 4.79 Å². The second-order valence-corrected chi connectivity index (χ2v) is 7.11. The van der Waals surface area contributed by atoms with Crippen molar-refractivity contribution in [1.82, 2.24) is 19.8 Å². The molecule has 1 aromatic carbocycles. The first-order valence-corrected chi connectivity index (χ1v) is 8.09. The largest absolute Gasteiger partial charge is 0.339 e. The van der Waals surface area contributed by atoms with Crippen molar-refractivity contribution >= 4 is 23.0 Å². The van der Waals surface area contributed by atoms with E-state index in [1.807, 2.05) is 50.9 Å². The zero-order valence-electron chi connectivity index (χ0n) is 14.3. The molecule has 0 saturated carbocycles. The lowest BCUT2D eigenvalue weighted by Crippen LogP contribution is -2.55. The SMILES string of the molecule is Cn1c(N2CCN(C(=O)NC(C)(C)C)CC2)nc2ccccc21. The van der Waals surface area contributed by atoms with Crippen LogP contribution in [0.4, 0.5) is 10.7 Å². The summed E-state index contributed by atoms with van der Waals surface area (Å²) in [5.74, 6) is 0.974. The summed E-state index contributed by atoms with van der Waals surface area (Å²) in [5, 5.41) is 3.02. The number of piperazine rings is 1. The van der Waals surface area contributed by atoms with Crippen LogP contribution in [0.5, 0.6) is 0 Å². The van der Waals surface area contributed by atoms with Gasteiger partial charge in [0.1, 0.15) is 0 Å². The van der Waals surface area contributed by atoms with Crippen LogP contribution < -0.4 is 10.2 Å². The molecule has 0 spiro atoms. The van der Waals surface area contributed by atoms with Crippen molar-refractivity contribution in [2.24, 2.45) is 7.05 Å². The van der Waals surface area contributed by atoms with Crippen LogP contribution in [0.3, 0.4) is 0 Å². The van der Waals surface area contributed by atoms with Crippen molar-refractivity contribution in [3.63, 3.8) is 0 Å². The maximum Gasteiger partial charge on any atom is 0.317 e. The fraction of sp³-hybridized carbons (Fsp3) is 0.529. The van der Waals surface area contributed by atoms with E-state index >= 15 is 0 Å². The average Bonchev–Trinajstić information content (AvgIpc) is 2.83. The molecule has 124 valence electrons. The third-order valence-corrected chi connectivity index (χ3v) is 4.10. The lowest BCUT2D eigenvalue weighted by atomic mass is 10.1. The predicted octanol–water partition coefficient (Wildman–Crippen LogP) is 2.20. The standard InChI is InChI=1S/C17H25N5O/c1-17(2,3)19-16(23)22-11-9-21(10-12-22)15-18-13-7-5-6-8-14(13)20(15)4/h5-8H,9-12H2,1-4H3,(H,19,23). The number of nitrogens with zero attached hydrogens (tertiary/aromatic N) is 4. The van der Waals surface area contributed by atoms with Crippen LogP contribution in [-0.2, 0) is 7.05 Å². The van der Waals surface area contributed by atoms with Crippen molar-refractivity contribution in [3.8, 4) is 0 Å². The van der Waals surface area contributed by atoms with Gasteiger partial charge in [0.05, 0.1) is 11.0 Å². The van der Waals surface area contributed by atoms with Crippen LogP contribution in [0.15, 0.2) is 24.3 Å². The van der Waals surface area contributed by atoms with Gasteiger partial charge in [0, 0.05) is 38.8 Å². The summed E-state index contributed by atoms with van der Waals surface area (Å²) in [6.07, 6.45) is 0. The molecule has 0 bridgehead atoms. The predicted molar refractivity (Wildman–Crippen MR) is 92.8 cm³/mol. The summed E-state index contributed by atoms with van der Waals surface area (Å²) < 4.78 is 2.13. The maximum absolute atomic E-state index is 12.2. The van der Waals surface area contributed by atoms with Gasteiger partial charge >= 0.3 is 6.03 Å². The number of benzene rings is 1. The number of urea groups is 1. The first-order chi connectivity index (χ1) is 10.8. The second-order valence-electron chi connectivity index (χ2n) is 7.11. The number of carbonyl (C=O) groups excluding carboxylic acids is 1. The number of imidazole rings is 1. The second kappa shape index (κ2) is 5.76. The number of nitrogens with one attached hydrogen (secondary N) is 1. The number of anilines is 1. The maximum atomic E-state index is 12.2. The number of hydrogen-bond donors (Lipinski definition) is 1. The number of carbonyl (C=O) groups is 1. The molecule has 1 fully saturated rings. The van der Waals surface area contributed by atoms with E-state index in [0.29, 0.717) is 13.1 Å². The monoisotopic (exact) mass is 315 g/mol. The summed E-state index contributed by atoms with van der Waals surface area (Å²) in [6, 6.07) is 8.17. The molecule has 1 N–H and O–H groups in total. The smallest absolute Gasteiger partial charge is 0.317 e. The molecule has 1 aliphatic heterocycles. The zero-order valence-corrected chi connectivity index (χ0v) is 14.3. The molecule has 23 heavy (non-hydrogen) atoms. The molecule has 2 amide bonds. The Morgan fingerprint density at radius 2 is 1.78 bits per heavy atom. The van der Waals surface area contributed by atoms with Gasteiger partial charge in [0.25, 0.3) is 0 Å². The number of rotatable bonds is 1. The van der Waals surface area contributed by atoms with Crippen LogP contribution in [0.25, 0.3) is 11.0 Å². The Balaban J connectivity index is 1.69. The average molecular weight is 315 g/mol. The molecule has 2 heterocycles. The van der Waals surface area contributed by atoms with Crippen LogP contribution in [0.2, 0.25) is 0 Å². The molecule has 0 unspecified atom stereocenters. The van der Waals surface area contributed by atoms with E-state index in [0.717, 1.165) is 30.1 Å². The van der Waals surface area contributed by atoms with Crippen LogP contribution in [0, 0.1) is 0 Å². The highest BCUT2D eigenvalue weighted by atomic mass is 16.2. The lowest BCUT2D eigenvalue weighted by molar-refractivity contribution is 0.185. The van der Waals surface area contributed by atoms with Crippen molar-refractivity contribution < 1.29 is 4.79 Å². The molecule has 0 aliphatic carbocycles. The van der Waals surface area contributed by atoms with E-state index in [2.05, 4.69) is 20.9 Å². The van der Waals surface area contributed by atoms with Crippen molar-refractivity contribution in [2.45, 2.75) is 26.3 Å². The normalized spacial score (nSPS) is 16.0. The molecule has 2 aromatic rings. The molecule has 1 saturated heterocycles. The van der Waals surface area contributed by atoms with Crippen molar-refractivity contribution in [1.29, 1.82) is 0 Å². The summed E-state index contributed by atoms with van der Waals surface area (Å²) in [6.45, 7) is 9.03. The van der Waals surface area contributed by atoms with Crippen LogP contribution in [-0.4, -0.2) is 52.2 Å². The van der Waals surface area contributed by atoms with Gasteiger partial charge in [-0.05, 0) is 32.9 Å². The molecule has 1 aromatic heterocycles. The van der Waals surface area contributed by atoms with Crippen LogP contribution in [0.1, 0.15) is 20.8 Å². The minimum absolute atomic E-state index is 0.0159. The fourth-order valence-electron chi connectivity index (χ4n) is 2.93. The van der Waals surface area contributed by atoms with Crippen molar-refractivity contribution in [3.05, 3.63) is 24.3 Å². The van der Waals surface area contributed by atoms with E-state index in [4.69, 9.17) is 4.98 Å². The Hall–Kier alpha value is -2.24. The van der Waals surface area contributed by atoms with Crippen LogP contribution >= 0.6 is 0 Å². The summed E-state index contributed by atoms with van der Waals surface area (Å²) in [4.78, 5) is 21.1. The summed E-state index contributed by atoms with van der Waals surface area (Å²) in [5.41, 5.74) is 1.94. The molecular formula is C17H25N5O. The minimum atomic E-state index is -0.203. The van der Waals surface area contributed by atoms with Gasteiger partial charge in [0.2, 0.25) is 5.95 Å². The van der Waals surface area contributed by atoms with E-state index < -0.39 is 0 Å². The molecule has 6 heteroatoms. The number of aryl methyl sites for hydroxylation is 1. The molecular weight excluding hydrogens is 290 g/mol. The Bertz CT molecular complexity index is 707. The Labute approximate surface area is 137 Å². The van der Waals surface area contributed by atoms with Gasteiger partial charge in [-0.2, -0.15) is 0 Å². The van der Waals surface area contributed by atoms with Gasteiger partial charge in [-0.25, -0.2) is 9.78 Å². The van der Waals surface area contributed by atoms with Gasteiger partial charge in [-0.1, -0.05) is 12.1 Å².